The number of methoxy groups -OCH3 is 1. The van der Waals surface area contributed by atoms with Crippen molar-refractivity contribution in [3.8, 4) is 5.75 Å². The average molecular weight is 397 g/mol. The SMILES string of the molecule is COc1ccc(C(=O)N2CC(C)CC(C)C2)cc1S(=O)(=O)N1CCOCC1. The van der Waals surface area contributed by atoms with E-state index in [0.717, 1.165) is 6.42 Å². The smallest absolute Gasteiger partial charge is 0.253 e. The average Bonchev–Trinajstić information content (AvgIpc) is 2.66. The largest absolute Gasteiger partial charge is 0.495 e. The van der Waals surface area contributed by atoms with E-state index in [0.29, 0.717) is 56.8 Å². The number of hydrogen-bond donors (Lipinski definition) is 0. The van der Waals surface area contributed by atoms with Crippen LogP contribution >= 0.6 is 0 Å². The third-order valence-electron chi connectivity index (χ3n) is 5.15. The molecule has 1 aromatic carbocycles. The van der Waals surface area contributed by atoms with Crippen LogP contribution in [0.5, 0.6) is 5.75 Å². The summed E-state index contributed by atoms with van der Waals surface area (Å²) in [6.45, 7) is 6.99. The van der Waals surface area contributed by atoms with Gasteiger partial charge in [0, 0.05) is 31.7 Å². The van der Waals surface area contributed by atoms with Crippen LogP contribution in [0.25, 0.3) is 0 Å². The molecule has 2 aliphatic rings. The van der Waals surface area contributed by atoms with Crippen molar-refractivity contribution in [2.75, 3.05) is 46.5 Å². The normalized spacial score (nSPS) is 24.6. The lowest BCUT2D eigenvalue weighted by Crippen LogP contribution is -2.43. The summed E-state index contributed by atoms with van der Waals surface area (Å²) in [5.41, 5.74) is 0.379. The van der Waals surface area contributed by atoms with Crippen molar-refractivity contribution in [3.63, 3.8) is 0 Å². The topological polar surface area (TPSA) is 76.2 Å². The van der Waals surface area contributed by atoms with Gasteiger partial charge in [-0.15, -0.1) is 0 Å². The molecule has 27 heavy (non-hydrogen) atoms. The number of benzene rings is 1. The third kappa shape index (κ3) is 4.28. The maximum absolute atomic E-state index is 13.1. The number of nitrogens with zero attached hydrogens (tertiary/aromatic N) is 2. The van der Waals surface area contributed by atoms with Crippen molar-refractivity contribution in [3.05, 3.63) is 23.8 Å². The van der Waals surface area contributed by atoms with E-state index in [-0.39, 0.29) is 16.6 Å². The summed E-state index contributed by atoms with van der Waals surface area (Å²) in [7, 11) is -2.32. The van der Waals surface area contributed by atoms with Crippen LogP contribution < -0.4 is 4.74 Å². The van der Waals surface area contributed by atoms with Crippen LogP contribution in [0.4, 0.5) is 0 Å². The highest BCUT2D eigenvalue weighted by atomic mass is 32.2. The molecule has 2 aliphatic heterocycles. The summed E-state index contributed by atoms with van der Waals surface area (Å²) in [5.74, 6) is 0.993. The van der Waals surface area contributed by atoms with Crippen molar-refractivity contribution in [1.82, 2.24) is 9.21 Å². The fraction of sp³-hybridized carbons (Fsp3) is 0.632. The Morgan fingerprint density at radius 1 is 1.15 bits per heavy atom. The highest BCUT2D eigenvalue weighted by Gasteiger charge is 2.31. The van der Waals surface area contributed by atoms with Gasteiger partial charge in [0.05, 0.1) is 20.3 Å². The van der Waals surface area contributed by atoms with Gasteiger partial charge in [0.2, 0.25) is 10.0 Å². The van der Waals surface area contributed by atoms with Crippen molar-refractivity contribution >= 4 is 15.9 Å². The number of piperidine rings is 1. The quantitative estimate of drug-likeness (QED) is 0.776. The molecular formula is C19H28N2O5S. The summed E-state index contributed by atoms with van der Waals surface area (Å²) in [4.78, 5) is 14.9. The maximum atomic E-state index is 13.1. The van der Waals surface area contributed by atoms with Gasteiger partial charge >= 0.3 is 0 Å². The van der Waals surface area contributed by atoms with E-state index in [1.54, 1.807) is 12.1 Å². The van der Waals surface area contributed by atoms with E-state index in [4.69, 9.17) is 9.47 Å². The van der Waals surface area contributed by atoms with Crippen LogP contribution in [0.2, 0.25) is 0 Å². The molecule has 2 fully saturated rings. The highest BCUT2D eigenvalue weighted by molar-refractivity contribution is 7.89. The standard InChI is InChI=1S/C19H28N2O5S/c1-14-10-15(2)13-20(12-14)19(22)16-4-5-17(25-3)18(11-16)27(23,24)21-6-8-26-9-7-21/h4-5,11,14-15H,6-10,12-13H2,1-3H3. The molecule has 0 bridgehead atoms. The van der Waals surface area contributed by atoms with Crippen LogP contribution in [-0.2, 0) is 14.8 Å². The molecule has 2 saturated heterocycles. The Balaban J connectivity index is 1.92. The van der Waals surface area contributed by atoms with E-state index in [1.165, 1.54) is 17.5 Å². The summed E-state index contributed by atoms with van der Waals surface area (Å²) >= 11 is 0. The minimum atomic E-state index is -3.76. The minimum Gasteiger partial charge on any atom is -0.495 e. The molecule has 0 aromatic heterocycles. The van der Waals surface area contributed by atoms with E-state index < -0.39 is 10.0 Å². The summed E-state index contributed by atoms with van der Waals surface area (Å²) in [6.07, 6.45) is 1.10. The fourth-order valence-electron chi connectivity index (χ4n) is 3.95. The van der Waals surface area contributed by atoms with Crippen LogP contribution in [0.15, 0.2) is 23.1 Å². The first kappa shape index (κ1) is 20.1. The predicted octanol–water partition coefficient (Wildman–Crippen LogP) is 1.83. The number of likely N-dealkylation sites (tertiary alicyclic amines) is 1. The number of amides is 1. The lowest BCUT2D eigenvalue weighted by molar-refractivity contribution is 0.0622. The molecule has 3 rings (SSSR count). The number of ether oxygens (including phenoxy) is 2. The number of sulfonamides is 1. The van der Waals surface area contributed by atoms with Gasteiger partial charge in [-0.25, -0.2) is 8.42 Å². The van der Waals surface area contributed by atoms with Crippen molar-refractivity contribution in [1.29, 1.82) is 0 Å². The van der Waals surface area contributed by atoms with Gasteiger partial charge in [-0.2, -0.15) is 4.31 Å². The number of carbonyl (C=O) groups excluding carboxylic acids is 1. The van der Waals surface area contributed by atoms with E-state index in [9.17, 15) is 13.2 Å². The summed E-state index contributed by atoms with van der Waals surface area (Å²) < 4.78 is 38.1. The lowest BCUT2D eigenvalue weighted by Gasteiger charge is -2.35. The van der Waals surface area contributed by atoms with Crippen LogP contribution in [-0.4, -0.2) is 70.0 Å². The van der Waals surface area contributed by atoms with Gasteiger partial charge in [0.1, 0.15) is 10.6 Å². The Morgan fingerprint density at radius 2 is 1.78 bits per heavy atom. The van der Waals surface area contributed by atoms with Gasteiger partial charge in [-0.3, -0.25) is 4.79 Å². The second kappa shape index (κ2) is 8.16. The van der Waals surface area contributed by atoms with Crippen molar-refractivity contribution < 1.29 is 22.7 Å². The van der Waals surface area contributed by atoms with Crippen molar-refractivity contribution in [2.45, 2.75) is 25.2 Å². The molecular weight excluding hydrogens is 368 g/mol. The van der Waals surface area contributed by atoms with Gasteiger partial charge in [-0.1, -0.05) is 13.8 Å². The molecule has 0 spiro atoms. The highest BCUT2D eigenvalue weighted by Crippen LogP contribution is 2.30. The first-order valence-corrected chi connectivity index (χ1v) is 10.8. The lowest BCUT2D eigenvalue weighted by atomic mass is 9.91. The van der Waals surface area contributed by atoms with Gasteiger partial charge < -0.3 is 14.4 Å². The molecule has 2 unspecified atom stereocenters. The second-order valence-corrected chi connectivity index (χ2v) is 9.44. The zero-order valence-electron chi connectivity index (χ0n) is 16.2. The number of rotatable bonds is 4. The minimum absolute atomic E-state index is 0.0378. The molecule has 0 aliphatic carbocycles. The zero-order chi connectivity index (χ0) is 19.6. The van der Waals surface area contributed by atoms with Gasteiger partial charge in [0.15, 0.2) is 0 Å². The number of carbonyl (C=O) groups is 1. The third-order valence-corrected chi connectivity index (χ3v) is 7.07. The first-order chi connectivity index (χ1) is 12.8. The maximum Gasteiger partial charge on any atom is 0.253 e. The Labute approximate surface area is 161 Å². The molecule has 8 heteroatoms. The van der Waals surface area contributed by atoms with E-state index in [2.05, 4.69) is 13.8 Å². The Bertz CT molecular complexity index is 779. The van der Waals surface area contributed by atoms with Crippen LogP contribution in [0.1, 0.15) is 30.6 Å². The second-order valence-electron chi connectivity index (χ2n) is 7.54. The van der Waals surface area contributed by atoms with Gasteiger partial charge in [-0.05, 0) is 36.5 Å². The molecule has 0 radical (unpaired) electrons. The van der Waals surface area contributed by atoms with E-state index >= 15 is 0 Å². The Kier molecular flexibility index (Phi) is 6.08. The molecule has 2 atom stereocenters. The summed E-state index contributed by atoms with van der Waals surface area (Å²) in [5, 5.41) is 0. The number of hydrogen-bond acceptors (Lipinski definition) is 5. The molecule has 150 valence electrons. The molecule has 0 saturated carbocycles. The van der Waals surface area contributed by atoms with Crippen molar-refractivity contribution in [2.24, 2.45) is 11.8 Å². The summed E-state index contributed by atoms with van der Waals surface area (Å²) in [6, 6.07) is 4.66. The zero-order valence-corrected chi connectivity index (χ0v) is 17.0. The predicted molar refractivity (Wildman–Crippen MR) is 101 cm³/mol. The Morgan fingerprint density at radius 3 is 2.37 bits per heavy atom. The fourth-order valence-corrected chi connectivity index (χ4v) is 5.54. The Hall–Kier alpha value is -1.64. The monoisotopic (exact) mass is 396 g/mol. The molecule has 7 nitrogen and oxygen atoms in total. The van der Waals surface area contributed by atoms with E-state index in [1.807, 2.05) is 4.90 Å². The van der Waals surface area contributed by atoms with Gasteiger partial charge in [0.25, 0.3) is 5.91 Å². The van der Waals surface area contributed by atoms with Crippen LogP contribution in [0.3, 0.4) is 0 Å². The van der Waals surface area contributed by atoms with Crippen LogP contribution in [0, 0.1) is 11.8 Å². The molecule has 2 heterocycles. The molecule has 1 aromatic rings. The molecule has 0 N–H and O–H groups in total. The number of morpholine rings is 1. The molecule has 1 amide bonds. The first-order valence-electron chi connectivity index (χ1n) is 9.38.